The van der Waals surface area contributed by atoms with Gasteiger partial charge >= 0.3 is 0 Å². The van der Waals surface area contributed by atoms with E-state index >= 15 is 0 Å². The lowest BCUT2D eigenvalue weighted by Crippen LogP contribution is -2.32. The summed E-state index contributed by atoms with van der Waals surface area (Å²) in [5, 5.41) is 5.51. The van der Waals surface area contributed by atoms with Gasteiger partial charge in [-0.3, -0.25) is 4.79 Å². The molecule has 132 valence electrons. The molecule has 1 aliphatic rings. The largest absolute Gasteiger partial charge is 0.481 e. The van der Waals surface area contributed by atoms with Gasteiger partial charge in [0, 0.05) is 11.1 Å². The van der Waals surface area contributed by atoms with Crippen molar-refractivity contribution in [2.75, 3.05) is 5.32 Å². The Morgan fingerprint density at radius 3 is 2.62 bits per heavy atom. The Balaban J connectivity index is 1.58. The molecule has 0 saturated carbocycles. The number of rotatable bonds is 5. The van der Waals surface area contributed by atoms with E-state index in [9.17, 15) is 4.79 Å². The highest BCUT2D eigenvalue weighted by Crippen LogP contribution is 2.35. The van der Waals surface area contributed by atoms with E-state index in [0.717, 1.165) is 35.2 Å². The summed E-state index contributed by atoms with van der Waals surface area (Å²) in [4.78, 5) is 12.8. The number of hydrogen-bond acceptors (Lipinski definition) is 2. The number of anilines is 1. The first-order chi connectivity index (χ1) is 12.7. The van der Waals surface area contributed by atoms with Crippen molar-refractivity contribution in [1.29, 1.82) is 0 Å². The van der Waals surface area contributed by atoms with E-state index in [1.54, 1.807) is 0 Å². The molecule has 0 saturated heterocycles. The first-order valence-electron chi connectivity index (χ1n) is 9.23. The summed E-state index contributed by atoms with van der Waals surface area (Å²) in [6.07, 6.45) is 2.26. The van der Waals surface area contributed by atoms with Crippen LogP contribution in [0.3, 0.4) is 0 Å². The van der Waals surface area contributed by atoms with Crippen LogP contribution in [0, 0.1) is 6.92 Å². The van der Waals surface area contributed by atoms with Gasteiger partial charge in [0.25, 0.3) is 5.91 Å². The number of hydrogen-bond donors (Lipinski definition) is 1. The minimum atomic E-state index is -0.514. The van der Waals surface area contributed by atoms with Crippen molar-refractivity contribution in [3.63, 3.8) is 0 Å². The molecule has 0 radical (unpaired) electrons. The van der Waals surface area contributed by atoms with Gasteiger partial charge in [0.15, 0.2) is 6.10 Å². The Kier molecular flexibility index (Phi) is 4.37. The maximum atomic E-state index is 12.8. The Morgan fingerprint density at radius 1 is 1.08 bits per heavy atom. The summed E-state index contributed by atoms with van der Waals surface area (Å²) in [6.45, 7) is 3.98. The summed E-state index contributed by atoms with van der Waals surface area (Å²) in [5.41, 5.74) is 4.72. The van der Waals surface area contributed by atoms with Crippen LogP contribution in [0.1, 0.15) is 30.0 Å². The summed E-state index contributed by atoms with van der Waals surface area (Å²) in [6, 6.07) is 18.3. The maximum Gasteiger partial charge on any atom is 0.265 e. The van der Waals surface area contributed by atoms with Crippen LogP contribution in [0.2, 0.25) is 0 Å². The topological polar surface area (TPSA) is 38.3 Å². The van der Waals surface area contributed by atoms with Crippen LogP contribution >= 0.6 is 0 Å². The average molecular weight is 345 g/mol. The number of benzene rings is 3. The highest BCUT2D eigenvalue weighted by atomic mass is 16.5. The van der Waals surface area contributed by atoms with Gasteiger partial charge in [0.1, 0.15) is 5.75 Å². The lowest BCUT2D eigenvalue weighted by atomic mass is 10.0. The van der Waals surface area contributed by atoms with Gasteiger partial charge in [-0.05, 0) is 66.5 Å². The molecule has 0 bridgehead atoms. The predicted molar refractivity (Wildman–Crippen MR) is 106 cm³/mol. The standard InChI is InChI=1S/C23H23NO2/c1-3-21(26-18-8-4-6-15(2)14-18)23(25)24-20-13-12-17-11-10-16-7-5-9-19(20)22(16)17/h4-9,12-14,21H,3,10-11H2,1-2H3,(H,24,25)/t21-/m1/s1. The molecule has 0 fully saturated rings. The number of amides is 1. The second-order valence-corrected chi connectivity index (χ2v) is 6.93. The van der Waals surface area contributed by atoms with E-state index in [1.165, 1.54) is 16.5 Å². The fourth-order valence-corrected chi connectivity index (χ4v) is 3.74. The molecule has 0 unspecified atom stereocenters. The molecule has 0 aliphatic heterocycles. The lowest BCUT2D eigenvalue weighted by Gasteiger charge is -2.18. The second-order valence-electron chi connectivity index (χ2n) is 6.93. The van der Waals surface area contributed by atoms with Crippen molar-refractivity contribution in [2.45, 2.75) is 39.2 Å². The molecule has 3 nitrogen and oxygen atoms in total. The van der Waals surface area contributed by atoms with Gasteiger partial charge in [-0.25, -0.2) is 0 Å². The molecule has 26 heavy (non-hydrogen) atoms. The van der Waals surface area contributed by atoms with Gasteiger partial charge in [0.05, 0.1) is 0 Å². The minimum Gasteiger partial charge on any atom is -0.481 e. The molecule has 3 heteroatoms. The molecule has 0 spiro atoms. The molecule has 1 amide bonds. The van der Waals surface area contributed by atoms with Crippen LogP contribution in [0.15, 0.2) is 54.6 Å². The van der Waals surface area contributed by atoms with Crippen LogP contribution in [0.25, 0.3) is 10.8 Å². The fourth-order valence-electron chi connectivity index (χ4n) is 3.74. The average Bonchev–Trinajstić information content (AvgIpc) is 3.07. The van der Waals surface area contributed by atoms with Crippen LogP contribution in [0.5, 0.6) is 5.75 Å². The van der Waals surface area contributed by atoms with E-state index in [-0.39, 0.29) is 5.91 Å². The Labute approximate surface area is 154 Å². The van der Waals surface area contributed by atoms with Crippen LogP contribution in [0.4, 0.5) is 5.69 Å². The Morgan fingerprint density at radius 2 is 1.85 bits per heavy atom. The third kappa shape index (κ3) is 3.05. The molecule has 3 aromatic rings. The van der Waals surface area contributed by atoms with Crippen molar-refractivity contribution >= 4 is 22.4 Å². The van der Waals surface area contributed by atoms with E-state index in [0.29, 0.717) is 6.42 Å². The van der Waals surface area contributed by atoms with Gasteiger partial charge in [-0.1, -0.05) is 43.3 Å². The monoisotopic (exact) mass is 345 g/mol. The summed E-state index contributed by atoms with van der Waals surface area (Å²) < 4.78 is 5.94. The van der Waals surface area contributed by atoms with Gasteiger partial charge in [-0.15, -0.1) is 0 Å². The summed E-state index contributed by atoms with van der Waals surface area (Å²) in [5.74, 6) is 0.625. The fraction of sp³-hybridized carbons (Fsp3) is 0.261. The Bertz CT molecular complexity index is 967. The molecule has 1 aliphatic carbocycles. The Hall–Kier alpha value is -2.81. The molecule has 1 N–H and O–H groups in total. The number of carbonyl (C=O) groups excluding carboxylic acids is 1. The van der Waals surface area contributed by atoms with E-state index < -0.39 is 6.10 Å². The number of aryl methyl sites for hydroxylation is 3. The lowest BCUT2D eigenvalue weighted by molar-refractivity contribution is -0.122. The number of nitrogens with one attached hydrogen (secondary N) is 1. The van der Waals surface area contributed by atoms with Crippen LogP contribution in [-0.2, 0) is 17.6 Å². The smallest absolute Gasteiger partial charge is 0.265 e. The van der Waals surface area contributed by atoms with Crippen molar-refractivity contribution in [3.05, 3.63) is 71.3 Å². The van der Waals surface area contributed by atoms with Crippen LogP contribution < -0.4 is 10.1 Å². The van der Waals surface area contributed by atoms with Gasteiger partial charge in [-0.2, -0.15) is 0 Å². The summed E-state index contributed by atoms with van der Waals surface area (Å²) >= 11 is 0. The quantitative estimate of drug-likeness (QED) is 0.703. The molecule has 0 heterocycles. The van der Waals surface area contributed by atoms with Crippen molar-refractivity contribution in [2.24, 2.45) is 0 Å². The minimum absolute atomic E-state index is 0.104. The summed E-state index contributed by atoms with van der Waals surface area (Å²) in [7, 11) is 0. The first-order valence-corrected chi connectivity index (χ1v) is 9.23. The number of ether oxygens (including phenoxy) is 1. The third-order valence-electron chi connectivity index (χ3n) is 5.07. The zero-order valence-corrected chi connectivity index (χ0v) is 15.2. The predicted octanol–water partition coefficient (Wildman–Crippen LogP) is 5.04. The highest BCUT2D eigenvalue weighted by molar-refractivity contribution is 6.06. The highest BCUT2D eigenvalue weighted by Gasteiger charge is 2.21. The van der Waals surface area contributed by atoms with Crippen molar-refractivity contribution in [1.82, 2.24) is 0 Å². The molecule has 1 atom stereocenters. The molecular formula is C23H23NO2. The van der Waals surface area contributed by atoms with E-state index in [4.69, 9.17) is 4.74 Å². The molecule has 4 rings (SSSR count). The van der Waals surface area contributed by atoms with Crippen molar-refractivity contribution < 1.29 is 9.53 Å². The SMILES string of the molecule is CC[C@@H](Oc1cccc(C)c1)C(=O)Nc1ccc2c3c(cccc13)CC2. The first kappa shape index (κ1) is 16.6. The number of carbonyl (C=O) groups is 1. The van der Waals surface area contributed by atoms with Gasteiger partial charge in [0.2, 0.25) is 0 Å². The zero-order valence-electron chi connectivity index (χ0n) is 15.2. The van der Waals surface area contributed by atoms with E-state index in [1.807, 2.05) is 44.2 Å². The van der Waals surface area contributed by atoms with E-state index in [2.05, 4.69) is 29.6 Å². The normalized spacial score (nSPS) is 13.6. The molecule has 0 aromatic heterocycles. The third-order valence-corrected chi connectivity index (χ3v) is 5.07. The molecular weight excluding hydrogens is 322 g/mol. The second kappa shape index (κ2) is 6.83. The van der Waals surface area contributed by atoms with Crippen molar-refractivity contribution in [3.8, 4) is 5.75 Å². The maximum absolute atomic E-state index is 12.8. The molecule has 3 aromatic carbocycles. The van der Waals surface area contributed by atoms with Crippen LogP contribution in [-0.4, -0.2) is 12.0 Å². The van der Waals surface area contributed by atoms with Gasteiger partial charge < -0.3 is 10.1 Å². The zero-order chi connectivity index (χ0) is 18.1.